The molecule has 96 valence electrons. The minimum atomic E-state index is -0.148. The Hall–Kier alpha value is -0.220. The van der Waals surface area contributed by atoms with E-state index in [0.29, 0.717) is 0 Å². The van der Waals surface area contributed by atoms with E-state index in [-0.39, 0.29) is 12.0 Å². The van der Waals surface area contributed by atoms with Gasteiger partial charge in [-0.15, -0.1) is 0 Å². The number of hydrogen-bond acceptors (Lipinski definition) is 4. The van der Waals surface area contributed by atoms with Crippen LogP contribution < -0.4 is 5.32 Å². The summed E-state index contributed by atoms with van der Waals surface area (Å²) in [6, 6.07) is -0.129. The third-order valence-electron chi connectivity index (χ3n) is 2.56. The molecule has 0 radical (unpaired) electrons. The van der Waals surface area contributed by atoms with E-state index in [1.54, 1.807) is 0 Å². The lowest BCUT2D eigenvalue weighted by molar-refractivity contribution is -0.143. The van der Waals surface area contributed by atoms with E-state index in [0.717, 1.165) is 19.4 Å². The summed E-state index contributed by atoms with van der Waals surface area (Å²) in [7, 11) is 1.44. The largest absolute Gasteiger partial charge is 0.468 e. The molecule has 1 N–H and O–H groups in total. The molecule has 1 atom stereocenters. The van der Waals surface area contributed by atoms with E-state index < -0.39 is 0 Å². The number of hydrogen-bond donors (Lipinski definition) is 1. The van der Waals surface area contributed by atoms with Crippen molar-refractivity contribution < 1.29 is 9.53 Å². The Kier molecular flexibility index (Phi) is 11.1. The zero-order valence-corrected chi connectivity index (χ0v) is 11.6. The van der Waals surface area contributed by atoms with Crippen molar-refractivity contribution in [2.75, 3.05) is 25.7 Å². The predicted octanol–water partition coefficient (Wildman–Crippen LogP) is 2.45. The van der Waals surface area contributed by atoms with Crippen molar-refractivity contribution >= 4 is 17.7 Å². The maximum absolute atomic E-state index is 11.3. The van der Waals surface area contributed by atoms with Crippen molar-refractivity contribution in [2.45, 2.75) is 45.1 Å². The van der Waals surface area contributed by atoms with Gasteiger partial charge in [-0.25, -0.2) is 0 Å². The van der Waals surface area contributed by atoms with Crippen molar-refractivity contribution in [1.29, 1.82) is 0 Å². The Morgan fingerprint density at radius 3 is 2.56 bits per heavy atom. The van der Waals surface area contributed by atoms with Gasteiger partial charge in [-0.2, -0.15) is 11.8 Å². The number of ether oxygens (including phenoxy) is 1. The fraction of sp³-hybridized carbons (Fsp3) is 0.917. The fourth-order valence-electron chi connectivity index (χ4n) is 1.54. The quantitative estimate of drug-likeness (QED) is 0.475. The molecule has 0 bridgehead atoms. The van der Waals surface area contributed by atoms with Crippen LogP contribution in [-0.2, 0) is 9.53 Å². The van der Waals surface area contributed by atoms with Crippen LogP contribution in [0.4, 0.5) is 0 Å². The van der Waals surface area contributed by atoms with E-state index in [9.17, 15) is 4.79 Å². The lowest BCUT2D eigenvalue weighted by Gasteiger charge is -2.13. The van der Waals surface area contributed by atoms with Crippen LogP contribution in [0.2, 0.25) is 0 Å². The van der Waals surface area contributed by atoms with Gasteiger partial charge in [0.05, 0.1) is 7.11 Å². The number of carbonyl (C=O) groups excluding carboxylic acids is 1. The molecule has 0 aromatic heterocycles. The topological polar surface area (TPSA) is 38.3 Å². The van der Waals surface area contributed by atoms with Gasteiger partial charge in [-0.05, 0) is 37.8 Å². The number of esters is 1. The number of thioether (sulfide) groups is 1. The molecule has 0 aliphatic heterocycles. The molecule has 0 aromatic rings. The van der Waals surface area contributed by atoms with Crippen LogP contribution in [0.15, 0.2) is 0 Å². The monoisotopic (exact) mass is 247 g/mol. The molecule has 0 aliphatic rings. The molecule has 16 heavy (non-hydrogen) atoms. The number of carbonyl (C=O) groups is 1. The predicted molar refractivity (Wildman–Crippen MR) is 70.9 cm³/mol. The molecule has 0 amide bonds. The van der Waals surface area contributed by atoms with Gasteiger partial charge in [0.25, 0.3) is 0 Å². The van der Waals surface area contributed by atoms with Gasteiger partial charge in [0.1, 0.15) is 6.04 Å². The average molecular weight is 247 g/mol. The SMILES string of the molecule is CCC(NCCCCCCSC)C(=O)OC. The highest BCUT2D eigenvalue weighted by Crippen LogP contribution is 2.04. The first kappa shape index (κ1) is 15.8. The fourth-order valence-corrected chi connectivity index (χ4v) is 2.03. The second kappa shape index (κ2) is 11.3. The molecule has 0 saturated carbocycles. The second-order valence-corrected chi connectivity index (χ2v) is 4.83. The van der Waals surface area contributed by atoms with Gasteiger partial charge in [0.15, 0.2) is 0 Å². The molecule has 0 aliphatic carbocycles. The molecule has 0 spiro atoms. The van der Waals surface area contributed by atoms with Crippen molar-refractivity contribution in [3.63, 3.8) is 0 Å². The normalized spacial score (nSPS) is 12.4. The van der Waals surface area contributed by atoms with E-state index in [4.69, 9.17) is 4.74 Å². The lowest BCUT2D eigenvalue weighted by Crippen LogP contribution is -2.37. The third-order valence-corrected chi connectivity index (χ3v) is 3.26. The average Bonchev–Trinajstić information content (AvgIpc) is 2.32. The summed E-state index contributed by atoms with van der Waals surface area (Å²) in [5.41, 5.74) is 0. The third kappa shape index (κ3) is 7.99. The summed E-state index contributed by atoms with van der Waals surface area (Å²) in [5.74, 6) is 1.11. The maximum atomic E-state index is 11.3. The highest BCUT2D eigenvalue weighted by atomic mass is 32.2. The van der Waals surface area contributed by atoms with Gasteiger partial charge in [0.2, 0.25) is 0 Å². The minimum Gasteiger partial charge on any atom is -0.468 e. The lowest BCUT2D eigenvalue weighted by atomic mass is 10.2. The molecular weight excluding hydrogens is 222 g/mol. The van der Waals surface area contributed by atoms with Gasteiger partial charge in [-0.3, -0.25) is 4.79 Å². The van der Waals surface area contributed by atoms with E-state index in [1.165, 1.54) is 32.1 Å². The first-order valence-electron chi connectivity index (χ1n) is 6.06. The summed E-state index contributed by atoms with van der Waals surface area (Å²) in [6.07, 6.45) is 7.91. The zero-order valence-electron chi connectivity index (χ0n) is 10.8. The number of unbranched alkanes of at least 4 members (excludes halogenated alkanes) is 3. The molecular formula is C12H25NO2S. The number of nitrogens with one attached hydrogen (secondary N) is 1. The van der Waals surface area contributed by atoms with Crippen LogP contribution in [0.25, 0.3) is 0 Å². The van der Waals surface area contributed by atoms with Crippen LogP contribution in [0, 0.1) is 0 Å². The molecule has 0 heterocycles. The zero-order chi connectivity index (χ0) is 12.2. The standard InChI is InChI=1S/C12H25NO2S/c1-4-11(12(14)15-2)13-9-7-5-6-8-10-16-3/h11,13H,4-10H2,1-3H3. The van der Waals surface area contributed by atoms with Crippen LogP contribution >= 0.6 is 11.8 Å². The first-order chi connectivity index (χ1) is 7.76. The minimum absolute atomic E-state index is 0.129. The van der Waals surface area contributed by atoms with Crippen LogP contribution in [0.3, 0.4) is 0 Å². The molecule has 0 aromatic carbocycles. The highest BCUT2D eigenvalue weighted by Gasteiger charge is 2.14. The van der Waals surface area contributed by atoms with Gasteiger partial charge in [0, 0.05) is 0 Å². The maximum Gasteiger partial charge on any atom is 0.322 e. The van der Waals surface area contributed by atoms with Crippen LogP contribution in [-0.4, -0.2) is 37.7 Å². The second-order valence-electron chi connectivity index (χ2n) is 3.85. The van der Waals surface area contributed by atoms with E-state index >= 15 is 0 Å². The van der Waals surface area contributed by atoms with Crippen LogP contribution in [0.1, 0.15) is 39.0 Å². The van der Waals surface area contributed by atoms with Crippen molar-refractivity contribution in [3.05, 3.63) is 0 Å². The number of rotatable bonds is 10. The molecule has 3 nitrogen and oxygen atoms in total. The summed E-state index contributed by atoms with van der Waals surface area (Å²) in [4.78, 5) is 11.3. The summed E-state index contributed by atoms with van der Waals surface area (Å²) in [5, 5.41) is 3.23. The molecule has 4 heteroatoms. The smallest absolute Gasteiger partial charge is 0.322 e. The Balaban J connectivity index is 3.38. The molecule has 0 fully saturated rings. The molecule has 1 unspecified atom stereocenters. The molecule has 0 saturated heterocycles. The summed E-state index contributed by atoms with van der Waals surface area (Å²) in [6.45, 7) is 2.90. The van der Waals surface area contributed by atoms with Gasteiger partial charge < -0.3 is 10.1 Å². The first-order valence-corrected chi connectivity index (χ1v) is 7.45. The summed E-state index contributed by atoms with van der Waals surface area (Å²) >= 11 is 1.90. The van der Waals surface area contributed by atoms with E-state index in [2.05, 4.69) is 11.6 Å². The van der Waals surface area contributed by atoms with Crippen molar-refractivity contribution in [3.8, 4) is 0 Å². The Morgan fingerprint density at radius 2 is 2.00 bits per heavy atom. The Morgan fingerprint density at radius 1 is 1.31 bits per heavy atom. The van der Waals surface area contributed by atoms with Gasteiger partial charge >= 0.3 is 5.97 Å². The Labute approximate surface area is 104 Å². The van der Waals surface area contributed by atoms with Gasteiger partial charge in [-0.1, -0.05) is 19.8 Å². The summed E-state index contributed by atoms with van der Waals surface area (Å²) < 4.78 is 4.71. The van der Waals surface area contributed by atoms with Crippen molar-refractivity contribution in [1.82, 2.24) is 5.32 Å². The Bertz CT molecular complexity index is 176. The van der Waals surface area contributed by atoms with Crippen molar-refractivity contribution in [2.24, 2.45) is 0 Å². The van der Waals surface area contributed by atoms with Crippen LogP contribution in [0.5, 0.6) is 0 Å². The number of methoxy groups -OCH3 is 1. The molecule has 0 rings (SSSR count). The highest BCUT2D eigenvalue weighted by molar-refractivity contribution is 7.98. The van der Waals surface area contributed by atoms with E-state index in [1.807, 2.05) is 18.7 Å².